The van der Waals surface area contributed by atoms with E-state index in [9.17, 15) is 14.7 Å². The van der Waals surface area contributed by atoms with E-state index in [1.165, 1.54) is 17.9 Å². The molecule has 0 unspecified atom stereocenters. The number of benzene rings is 1. The maximum Gasteiger partial charge on any atom is 0.332 e. The predicted molar refractivity (Wildman–Crippen MR) is 97.7 cm³/mol. The first-order valence-electron chi connectivity index (χ1n) is 8.09. The molecule has 9 heteroatoms. The first-order chi connectivity index (χ1) is 12.4. The zero-order valence-electron chi connectivity index (χ0n) is 14.8. The van der Waals surface area contributed by atoms with Gasteiger partial charge in [0.1, 0.15) is 5.75 Å². The number of nitrogens with zero attached hydrogens (tertiary/aromatic N) is 4. The molecule has 2 N–H and O–H groups in total. The molecular formula is C17H21N5O4. The highest BCUT2D eigenvalue weighted by molar-refractivity contribution is 5.69. The Balaban J connectivity index is 1.81. The van der Waals surface area contributed by atoms with Crippen molar-refractivity contribution in [3.8, 4) is 5.75 Å². The average Bonchev–Trinajstić information content (AvgIpc) is 3.06. The Morgan fingerprint density at radius 3 is 2.69 bits per heavy atom. The van der Waals surface area contributed by atoms with Crippen molar-refractivity contribution in [1.82, 2.24) is 18.7 Å². The smallest absolute Gasteiger partial charge is 0.332 e. The van der Waals surface area contributed by atoms with Gasteiger partial charge in [-0.05, 0) is 12.1 Å². The summed E-state index contributed by atoms with van der Waals surface area (Å²) in [6.45, 7) is 0.415. The molecular weight excluding hydrogens is 338 g/mol. The molecule has 0 aliphatic rings. The maximum absolute atomic E-state index is 12.4. The summed E-state index contributed by atoms with van der Waals surface area (Å²) in [5, 5.41) is 13.5. The van der Waals surface area contributed by atoms with Crippen LogP contribution < -0.4 is 21.3 Å². The molecule has 0 aliphatic heterocycles. The number of fused-ring (bicyclic) bond motifs is 1. The lowest BCUT2D eigenvalue weighted by molar-refractivity contribution is 0.168. The van der Waals surface area contributed by atoms with Crippen LogP contribution in [0.15, 0.2) is 40.2 Å². The molecule has 0 saturated heterocycles. The van der Waals surface area contributed by atoms with Gasteiger partial charge in [-0.3, -0.25) is 13.9 Å². The Morgan fingerprint density at radius 2 is 1.96 bits per heavy atom. The second-order valence-electron chi connectivity index (χ2n) is 6.01. The van der Waals surface area contributed by atoms with Gasteiger partial charge >= 0.3 is 5.69 Å². The lowest BCUT2D eigenvalue weighted by Gasteiger charge is -2.15. The molecule has 9 nitrogen and oxygen atoms in total. The highest BCUT2D eigenvalue weighted by Gasteiger charge is 2.16. The van der Waals surface area contributed by atoms with Crippen molar-refractivity contribution in [3.05, 3.63) is 51.4 Å². The summed E-state index contributed by atoms with van der Waals surface area (Å²) in [6, 6.07) is 7.40. The molecule has 0 fully saturated rings. The van der Waals surface area contributed by atoms with Crippen LogP contribution in [0.3, 0.4) is 0 Å². The van der Waals surface area contributed by atoms with Crippen molar-refractivity contribution in [2.75, 3.05) is 19.0 Å². The minimum atomic E-state index is -0.778. The Bertz CT molecular complexity index is 1050. The standard InChI is InChI=1S/C17H21N5O4/c1-20-15-14(16(24)21(2)17(20)25)22(10-19-15)9-11(23)8-18-12-6-4-5-7-13(12)26-3/h4-7,10-11,18,23H,8-9H2,1-3H3/t11-/m0/s1. The third kappa shape index (κ3) is 3.08. The van der Waals surface area contributed by atoms with Crippen LogP contribution in [0.2, 0.25) is 0 Å². The van der Waals surface area contributed by atoms with Crippen LogP contribution in [0.4, 0.5) is 5.69 Å². The number of para-hydroxylation sites is 2. The number of ether oxygens (including phenoxy) is 1. The number of aromatic nitrogens is 4. The van der Waals surface area contributed by atoms with Crippen molar-refractivity contribution in [1.29, 1.82) is 0 Å². The number of methoxy groups -OCH3 is 1. The molecule has 0 radical (unpaired) electrons. The highest BCUT2D eigenvalue weighted by atomic mass is 16.5. The summed E-state index contributed by atoms with van der Waals surface area (Å²) < 4.78 is 9.16. The van der Waals surface area contributed by atoms with Crippen molar-refractivity contribution < 1.29 is 9.84 Å². The van der Waals surface area contributed by atoms with Gasteiger partial charge in [-0.2, -0.15) is 0 Å². The van der Waals surface area contributed by atoms with Gasteiger partial charge in [0.05, 0.1) is 31.8 Å². The first kappa shape index (κ1) is 17.7. The number of hydrogen-bond acceptors (Lipinski definition) is 6. The fraction of sp³-hybridized carbons (Fsp3) is 0.353. The molecule has 2 heterocycles. The predicted octanol–water partition coefficient (Wildman–Crippen LogP) is -0.0847. The third-order valence-electron chi connectivity index (χ3n) is 4.26. The Morgan fingerprint density at radius 1 is 1.23 bits per heavy atom. The summed E-state index contributed by atoms with van der Waals surface area (Å²) in [7, 11) is 4.55. The van der Waals surface area contributed by atoms with Crippen LogP contribution in [0.25, 0.3) is 11.2 Å². The number of nitrogens with one attached hydrogen (secondary N) is 1. The van der Waals surface area contributed by atoms with E-state index in [1.807, 2.05) is 24.3 Å². The van der Waals surface area contributed by atoms with E-state index in [1.54, 1.807) is 18.7 Å². The summed E-state index contributed by atoms with van der Waals surface area (Å²) in [5.74, 6) is 0.677. The molecule has 3 rings (SSSR count). The lowest BCUT2D eigenvalue weighted by atomic mass is 10.2. The summed E-state index contributed by atoms with van der Waals surface area (Å²) in [4.78, 5) is 28.5. The Labute approximate surface area is 149 Å². The normalized spacial score (nSPS) is 12.3. The Kier molecular flexibility index (Phi) is 4.81. The number of anilines is 1. The van der Waals surface area contributed by atoms with E-state index in [4.69, 9.17) is 4.74 Å². The molecule has 1 aromatic carbocycles. The van der Waals surface area contributed by atoms with Crippen LogP contribution in [0, 0.1) is 0 Å². The maximum atomic E-state index is 12.4. The summed E-state index contributed by atoms with van der Waals surface area (Å²) in [5.41, 5.74) is 0.466. The number of rotatable bonds is 6. The van der Waals surface area contributed by atoms with E-state index >= 15 is 0 Å². The molecule has 0 bridgehead atoms. The van der Waals surface area contributed by atoms with Crippen molar-refractivity contribution in [2.45, 2.75) is 12.6 Å². The van der Waals surface area contributed by atoms with Crippen LogP contribution in [0.1, 0.15) is 0 Å². The third-order valence-corrected chi connectivity index (χ3v) is 4.26. The zero-order chi connectivity index (χ0) is 18.8. The van der Waals surface area contributed by atoms with E-state index in [-0.39, 0.29) is 18.6 Å². The molecule has 138 valence electrons. The molecule has 0 aliphatic carbocycles. The monoisotopic (exact) mass is 359 g/mol. The number of aryl methyl sites for hydroxylation is 1. The van der Waals surface area contributed by atoms with Crippen molar-refractivity contribution >= 4 is 16.9 Å². The fourth-order valence-corrected chi connectivity index (χ4v) is 2.85. The zero-order valence-corrected chi connectivity index (χ0v) is 14.8. The summed E-state index contributed by atoms with van der Waals surface area (Å²) in [6.07, 6.45) is 0.678. The van der Waals surface area contributed by atoms with Gasteiger partial charge < -0.3 is 19.7 Å². The van der Waals surface area contributed by atoms with Gasteiger partial charge in [-0.1, -0.05) is 12.1 Å². The summed E-state index contributed by atoms with van der Waals surface area (Å²) >= 11 is 0. The van der Waals surface area contributed by atoms with Crippen molar-refractivity contribution in [3.63, 3.8) is 0 Å². The number of imidazole rings is 1. The molecule has 3 aromatic rings. The lowest BCUT2D eigenvalue weighted by Crippen LogP contribution is -2.38. The van der Waals surface area contributed by atoms with Gasteiger partial charge in [-0.15, -0.1) is 0 Å². The van der Waals surface area contributed by atoms with Crippen LogP contribution in [-0.4, -0.2) is 43.6 Å². The fourth-order valence-electron chi connectivity index (χ4n) is 2.85. The van der Waals surface area contributed by atoms with E-state index in [0.717, 1.165) is 10.3 Å². The molecule has 0 saturated carbocycles. The Hall–Kier alpha value is -3.07. The van der Waals surface area contributed by atoms with Gasteiger partial charge in [-0.25, -0.2) is 9.78 Å². The molecule has 0 spiro atoms. The topological polar surface area (TPSA) is 103 Å². The molecule has 26 heavy (non-hydrogen) atoms. The first-order valence-corrected chi connectivity index (χ1v) is 8.09. The van der Waals surface area contributed by atoms with Crippen LogP contribution >= 0.6 is 0 Å². The average molecular weight is 359 g/mol. The molecule has 0 amide bonds. The van der Waals surface area contributed by atoms with E-state index in [2.05, 4.69) is 10.3 Å². The van der Waals surface area contributed by atoms with Gasteiger partial charge in [0.15, 0.2) is 11.2 Å². The highest BCUT2D eigenvalue weighted by Crippen LogP contribution is 2.22. The molecule has 1 atom stereocenters. The van der Waals surface area contributed by atoms with E-state index in [0.29, 0.717) is 11.4 Å². The number of hydrogen-bond donors (Lipinski definition) is 2. The largest absolute Gasteiger partial charge is 0.495 e. The minimum absolute atomic E-state index is 0.159. The molecule has 2 aromatic heterocycles. The van der Waals surface area contributed by atoms with Gasteiger partial charge in [0, 0.05) is 20.6 Å². The number of aliphatic hydroxyl groups is 1. The second-order valence-corrected chi connectivity index (χ2v) is 6.01. The second kappa shape index (κ2) is 7.04. The van der Waals surface area contributed by atoms with Crippen LogP contribution in [-0.2, 0) is 20.6 Å². The van der Waals surface area contributed by atoms with Gasteiger partial charge in [0.25, 0.3) is 5.56 Å². The van der Waals surface area contributed by atoms with Crippen LogP contribution in [0.5, 0.6) is 5.75 Å². The SMILES string of the molecule is COc1ccccc1NC[C@H](O)Cn1cnc2c1c(=O)n(C)c(=O)n2C. The van der Waals surface area contributed by atoms with Gasteiger partial charge in [0.2, 0.25) is 0 Å². The van der Waals surface area contributed by atoms with Crippen molar-refractivity contribution in [2.24, 2.45) is 14.1 Å². The quantitative estimate of drug-likeness (QED) is 0.638. The minimum Gasteiger partial charge on any atom is -0.495 e. The van der Waals surface area contributed by atoms with E-state index < -0.39 is 17.4 Å². The number of aliphatic hydroxyl groups excluding tert-OH is 1.